The summed E-state index contributed by atoms with van der Waals surface area (Å²) in [7, 11) is 2.11. The number of hydrogen-bond acceptors (Lipinski definition) is 1. The lowest BCUT2D eigenvalue weighted by molar-refractivity contribution is -0.00551. The maximum atomic E-state index is 8.72. The molecule has 2 rings (SSSR count). The van der Waals surface area contributed by atoms with Crippen molar-refractivity contribution in [2.75, 3.05) is 7.05 Å². The summed E-state index contributed by atoms with van der Waals surface area (Å²) in [5, 5.41) is 0.678. The van der Waals surface area contributed by atoms with Crippen LogP contribution in [0.25, 0.3) is 5.53 Å². The first-order valence-electron chi connectivity index (χ1n) is 6.24. The molecule has 0 aromatic rings. The lowest BCUT2D eigenvalue weighted by atomic mass is 9.93. The van der Waals surface area contributed by atoms with Crippen molar-refractivity contribution in [3.63, 3.8) is 0 Å². The summed E-state index contributed by atoms with van der Waals surface area (Å²) in [6.07, 6.45) is 10.9. The molecular weight excluding hydrogens is 234 g/mol. The highest BCUT2D eigenvalue weighted by Crippen LogP contribution is 2.29. The number of halogens is 1. The highest BCUT2D eigenvalue weighted by Gasteiger charge is 2.24. The highest BCUT2D eigenvalue weighted by molar-refractivity contribution is 6.33. The second-order valence-corrected chi connectivity index (χ2v) is 5.19. The quantitative estimate of drug-likeness (QED) is 0.548. The van der Waals surface area contributed by atoms with Crippen molar-refractivity contribution in [2.45, 2.75) is 44.6 Å². The van der Waals surface area contributed by atoms with Crippen molar-refractivity contribution >= 4 is 17.3 Å². The van der Waals surface area contributed by atoms with Gasteiger partial charge in [0, 0.05) is 19.2 Å². The molecule has 0 aliphatic heterocycles. The fourth-order valence-corrected chi connectivity index (χ4v) is 2.96. The van der Waals surface area contributed by atoms with Crippen molar-refractivity contribution in [3.8, 4) is 0 Å². The van der Waals surface area contributed by atoms with Gasteiger partial charge in [-0.2, -0.15) is 4.79 Å². The Bertz CT molecular complexity index is 399. The standard InChI is InChI=1S/C13H18ClN3/c1-17(11-5-3-2-4-6-11)13-8-7-10(16-15)9-12(13)14/h8-9,11H,2-7H2,1H3. The minimum Gasteiger partial charge on any atom is -0.371 e. The molecule has 0 saturated heterocycles. The number of hydrogen-bond donors (Lipinski definition) is 0. The number of allylic oxidation sites excluding steroid dienone is 3. The lowest BCUT2D eigenvalue weighted by Gasteiger charge is -2.35. The van der Waals surface area contributed by atoms with Crippen LogP contribution in [0.4, 0.5) is 0 Å². The van der Waals surface area contributed by atoms with Crippen LogP contribution in [0, 0.1) is 0 Å². The molecule has 0 spiro atoms. The molecule has 4 heteroatoms. The van der Waals surface area contributed by atoms with Crippen LogP contribution < -0.4 is 0 Å². The second-order valence-electron chi connectivity index (χ2n) is 4.78. The van der Waals surface area contributed by atoms with Crippen LogP contribution in [0.15, 0.2) is 22.9 Å². The van der Waals surface area contributed by atoms with E-state index in [-0.39, 0.29) is 0 Å². The summed E-state index contributed by atoms with van der Waals surface area (Å²) < 4.78 is 0. The molecule has 92 valence electrons. The van der Waals surface area contributed by atoms with E-state index in [0.29, 0.717) is 23.2 Å². The van der Waals surface area contributed by atoms with E-state index in [9.17, 15) is 0 Å². The SMILES string of the molecule is CN(C1=CCC(=[N+]=[N-])C=C1Cl)C1CCCCC1. The largest absolute Gasteiger partial charge is 0.371 e. The first-order chi connectivity index (χ1) is 8.22. The summed E-state index contributed by atoms with van der Waals surface area (Å²) in [6, 6.07) is 0.602. The molecule has 0 aromatic heterocycles. The van der Waals surface area contributed by atoms with E-state index >= 15 is 0 Å². The molecule has 0 atom stereocenters. The molecule has 0 unspecified atom stereocenters. The van der Waals surface area contributed by atoms with Crippen molar-refractivity contribution in [1.29, 1.82) is 0 Å². The van der Waals surface area contributed by atoms with Crippen molar-refractivity contribution in [1.82, 2.24) is 4.90 Å². The third-order valence-electron chi connectivity index (χ3n) is 3.67. The molecule has 0 N–H and O–H groups in total. The topological polar surface area (TPSA) is 39.6 Å². The Morgan fingerprint density at radius 1 is 1.35 bits per heavy atom. The summed E-state index contributed by atoms with van der Waals surface area (Å²) in [4.78, 5) is 5.48. The van der Waals surface area contributed by atoms with Crippen LogP contribution in [0.5, 0.6) is 0 Å². The summed E-state index contributed by atoms with van der Waals surface area (Å²) in [5.41, 5.74) is 10.4. The average molecular weight is 252 g/mol. The van der Waals surface area contributed by atoms with Crippen molar-refractivity contribution in [3.05, 3.63) is 28.4 Å². The van der Waals surface area contributed by atoms with Gasteiger partial charge in [-0.15, -0.1) is 0 Å². The highest BCUT2D eigenvalue weighted by atomic mass is 35.5. The molecule has 2 aliphatic carbocycles. The Kier molecular flexibility index (Phi) is 4.03. The Morgan fingerprint density at radius 2 is 2.06 bits per heavy atom. The zero-order chi connectivity index (χ0) is 12.3. The van der Waals surface area contributed by atoms with E-state index < -0.39 is 0 Å². The van der Waals surface area contributed by atoms with Gasteiger partial charge in [0.25, 0.3) is 5.71 Å². The van der Waals surface area contributed by atoms with Crippen LogP contribution in [0.2, 0.25) is 0 Å². The zero-order valence-corrected chi connectivity index (χ0v) is 11.0. The van der Waals surface area contributed by atoms with Gasteiger partial charge in [0.15, 0.2) is 0 Å². The molecule has 1 fully saturated rings. The third kappa shape index (κ3) is 2.80. The van der Waals surface area contributed by atoms with Crippen LogP contribution in [0.3, 0.4) is 0 Å². The minimum absolute atomic E-state index is 0.602. The predicted molar refractivity (Wildman–Crippen MR) is 69.9 cm³/mol. The first-order valence-corrected chi connectivity index (χ1v) is 6.61. The summed E-state index contributed by atoms with van der Waals surface area (Å²) in [5.74, 6) is 0. The molecule has 2 aliphatic rings. The minimum atomic E-state index is 0.602. The van der Waals surface area contributed by atoms with Gasteiger partial charge in [0.2, 0.25) is 0 Å². The van der Waals surface area contributed by atoms with E-state index in [4.69, 9.17) is 17.1 Å². The molecule has 0 bridgehead atoms. The van der Waals surface area contributed by atoms with Gasteiger partial charge in [0.1, 0.15) is 0 Å². The Morgan fingerprint density at radius 3 is 2.65 bits per heavy atom. The molecular formula is C13H18ClN3. The Hall–Kier alpha value is -1.05. The van der Waals surface area contributed by atoms with E-state index in [1.54, 1.807) is 6.08 Å². The summed E-state index contributed by atoms with van der Waals surface area (Å²) in [6.45, 7) is 0. The molecule has 3 nitrogen and oxygen atoms in total. The van der Waals surface area contributed by atoms with Crippen molar-refractivity contribution < 1.29 is 4.79 Å². The van der Waals surface area contributed by atoms with Crippen LogP contribution in [0.1, 0.15) is 38.5 Å². The van der Waals surface area contributed by atoms with Crippen molar-refractivity contribution in [2.24, 2.45) is 0 Å². The second kappa shape index (κ2) is 5.52. The van der Waals surface area contributed by atoms with E-state index in [0.717, 1.165) is 5.70 Å². The lowest BCUT2D eigenvalue weighted by Crippen LogP contribution is -2.33. The number of rotatable bonds is 2. The molecule has 1 saturated carbocycles. The van der Waals surface area contributed by atoms with E-state index in [2.05, 4.69) is 16.7 Å². The number of likely N-dealkylation sites (N-methyl/N-ethyl adjacent to an activating group) is 1. The van der Waals surface area contributed by atoms with Crippen LogP contribution in [-0.4, -0.2) is 28.5 Å². The third-order valence-corrected chi connectivity index (χ3v) is 3.98. The van der Waals surface area contributed by atoms with Gasteiger partial charge >= 0.3 is 0 Å². The van der Waals surface area contributed by atoms with Gasteiger partial charge in [-0.1, -0.05) is 30.9 Å². The Balaban J connectivity index is 2.10. The molecule has 17 heavy (non-hydrogen) atoms. The van der Waals surface area contributed by atoms with Crippen LogP contribution >= 0.6 is 11.6 Å². The van der Waals surface area contributed by atoms with E-state index in [1.165, 1.54) is 32.1 Å². The first kappa shape index (κ1) is 12.4. The number of nitrogens with zero attached hydrogens (tertiary/aromatic N) is 3. The molecule has 0 heterocycles. The molecule has 0 amide bonds. The van der Waals surface area contributed by atoms with Gasteiger partial charge in [-0.3, -0.25) is 0 Å². The summed E-state index contributed by atoms with van der Waals surface area (Å²) >= 11 is 6.23. The Labute approximate surface area is 107 Å². The fourth-order valence-electron chi connectivity index (χ4n) is 2.63. The molecule has 0 aromatic carbocycles. The molecule has 0 radical (unpaired) electrons. The monoisotopic (exact) mass is 251 g/mol. The smallest absolute Gasteiger partial charge is 0.297 e. The average Bonchev–Trinajstić information content (AvgIpc) is 2.39. The zero-order valence-electron chi connectivity index (χ0n) is 10.2. The van der Waals surface area contributed by atoms with Gasteiger partial charge in [-0.25, -0.2) is 0 Å². The maximum absolute atomic E-state index is 8.72. The normalized spacial score (nSPS) is 21.6. The predicted octanol–water partition coefficient (Wildman–Crippen LogP) is 3.33. The van der Waals surface area contributed by atoms with Gasteiger partial charge < -0.3 is 10.4 Å². The van der Waals surface area contributed by atoms with E-state index in [1.807, 2.05) is 6.08 Å². The van der Waals surface area contributed by atoms with Gasteiger partial charge in [-0.05, 0) is 18.9 Å². The van der Waals surface area contributed by atoms with Crippen LogP contribution in [-0.2, 0) is 0 Å². The maximum Gasteiger partial charge on any atom is 0.297 e. The van der Waals surface area contributed by atoms with Gasteiger partial charge in [0.05, 0.1) is 17.2 Å². The fraction of sp³-hybridized carbons (Fsp3) is 0.615.